The van der Waals surface area contributed by atoms with Gasteiger partial charge in [0.25, 0.3) is 6.26 Å². The van der Waals surface area contributed by atoms with Crippen molar-refractivity contribution < 1.29 is 28.5 Å². The molecule has 2 aliphatic rings. The Balaban J connectivity index is 0.000000205. The van der Waals surface area contributed by atoms with Crippen molar-refractivity contribution in [1.29, 1.82) is 5.26 Å². The number of esters is 2. The molecular weight excluding hydrogens is 459 g/mol. The van der Waals surface area contributed by atoms with Gasteiger partial charge in [0.05, 0.1) is 12.9 Å². The molecule has 9 heteroatoms. The van der Waals surface area contributed by atoms with Gasteiger partial charge in [-0.15, -0.1) is 0 Å². The number of methoxy groups -OCH3 is 1. The van der Waals surface area contributed by atoms with Crippen LogP contribution in [0.2, 0.25) is 5.82 Å². The van der Waals surface area contributed by atoms with E-state index in [9.17, 15) is 14.4 Å². The molecule has 0 radical (unpaired) electrons. The summed E-state index contributed by atoms with van der Waals surface area (Å²) in [6.45, 7) is 3.51. The average molecular weight is 488 g/mol. The second kappa shape index (κ2) is 12.7. The number of nitrogens with zero attached hydrogens (tertiary/aromatic N) is 2. The maximum Gasteiger partial charge on any atom is 0.425 e. The number of carbonyl (C=O) groups excluding carboxylic acids is 3. The normalized spacial score (nSPS) is 18.3. The maximum atomic E-state index is 12.0. The Bertz CT molecular complexity index is 1150. The molecule has 2 aliphatic heterocycles. The van der Waals surface area contributed by atoms with Gasteiger partial charge in [-0.25, -0.2) is 4.79 Å². The minimum absolute atomic E-state index is 0.0274. The van der Waals surface area contributed by atoms with Gasteiger partial charge in [0.2, 0.25) is 0 Å². The third-order valence-electron chi connectivity index (χ3n) is 6.23. The van der Waals surface area contributed by atoms with E-state index in [1.165, 1.54) is 12.7 Å². The van der Waals surface area contributed by atoms with E-state index >= 15 is 0 Å². The third kappa shape index (κ3) is 7.04. The molecule has 2 heterocycles. The van der Waals surface area contributed by atoms with Gasteiger partial charge in [-0.05, 0) is 38.7 Å². The minimum atomic E-state index is -0.571. The van der Waals surface area contributed by atoms with Crippen LogP contribution in [0.3, 0.4) is 0 Å². The molecule has 36 heavy (non-hydrogen) atoms. The zero-order chi connectivity index (χ0) is 26.1. The van der Waals surface area contributed by atoms with Gasteiger partial charge in [-0.2, -0.15) is 5.26 Å². The third-order valence-corrected chi connectivity index (χ3v) is 6.23. The smallest absolute Gasteiger partial charge is 0.425 e. The van der Waals surface area contributed by atoms with Gasteiger partial charge in [-0.3, -0.25) is 14.6 Å². The molecule has 0 saturated carbocycles. The van der Waals surface area contributed by atoms with E-state index in [4.69, 9.17) is 19.4 Å². The van der Waals surface area contributed by atoms with Gasteiger partial charge in [-0.1, -0.05) is 59.7 Å². The van der Waals surface area contributed by atoms with Crippen molar-refractivity contribution >= 4 is 30.3 Å². The molecule has 0 N–H and O–H groups in total. The van der Waals surface area contributed by atoms with Crippen molar-refractivity contribution in [3.63, 3.8) is 0 Å². The first-order valence-corrected chi connectivity index (χ1v) is 11.8. The van der Waals surface area contributed by atoms with Crippen LogP contribution in [-0.2, 0) is 23.7 Å². The highest BCUT2D eigenvalue weighted by Crippen LogP contribution is 2.27. The number of nitriles is 1. The van der Waals surface area contributed by atoms with Gasteiger partial charge < -0.3 is 14.1 Å². The molecule has 2 atom stereocenters. The Morgan fingerprint density at radius 2 is 1.75 bits per heavy atom. The molecule has 2 aromatic rings. The minimum Gasteiger partial charge on any atom is -0.493 e. The number of carbonyl (C=O) groups is 3. The number of aryl methyl sites for hydroxylation is 2. The Hall–Kier alpha value is -3.93. The summed E-state index contributed by atoms with van der Waals surface area (Å²) >= 11 is 0. The van der Waals surface area contributed by atoms with Crippen LogP contribution >= 0.6 is 0 Å². The molecule has 8 nitrogen and oxygen atoms in total. The Labute approximate surface area is 211 Å². The first-order valence-electron chi connectivity index (χ1n) is 11.8. The lowest BCUT2D eigenvalue weighted by Crippen LogP contribution is -2.24. The number of benzene rings is 2. The van der Waals surface area contributed by atoms with E-state index in [1.807, 2.05) is 31.2 Å². The molecule has 4 rings (SSSR count). The number of hydrogen-bond donors (Lipinski definition) is 0. The van der Waals surface area contributed by atoms with E-state index in [2.05, 4.69) is 24.0 Å². The van der Waals surface area contributed by atoms with Gasteiger partial charge in [0.15, 0.2) is 5.78 Å². The molecule has 2 aromatic carbocycles. The highest BCUT2D eigenvalue weighted by molar-refractivity contribution is 6.60. The molecule has 0 aromatic heterocycles. The average Bonchev–Trinajstić information content (AvgIpc) is 3.51. The van der Waals surface area contributed by atoms with E-state index in [-0.39, 0.29) is 30.7 Å². The molecule has 1 unspecified atom stereocenters. The fourth-order valence-corrected chi connectivity index (χ4v) is 4.06. The SMILES string of the molecule is COC(=O)[C@@H]1CCC(c2ccc(C)cc2)=N1.Cc1ccc(C(=O)CCC2B(OC#N)COC2=O)cc1. The molecule has 1 fully saturated rings. The van der Waals surface area contributed by atoms with Crippen LogP contribution in [0.1, 0.15) is 52.7 Å². The number of hydrogen-bond acceptors (Lipinski definition) is 8. The summed E-state index contributed by atoms with van der Waals surface area (Å²) in [6, 6.07) is 15.2. The number of cyclic esters (lactones) is 1. The van der Waals surface area contributed by atoms with Gasteiger partial charge in [0, 0.05) is 17.7 Å². The summed E-state index contributed by atoms with van der Waals surface area (Å²) in [5, 5.41) is 8.51. The predicted octanol–water partition coefficient (Wildman–Crippen LogP) is 4.03. The van der Waals surface area contributed by atoms with E-state index in [0.29, 0.717) is 12.0 Å². The van der Waals surface area contributed by atoms with E-state index in [1.54, 1.807) is 18.4 Å². The lowest BCUT2D eigenvalue weighted by Gasteiger charge is -2.08. The van der Waals surface area contributed by atoms with E-state index in [0.717, 1.165) is 29.7 Å². The Kier molecular flexibility index (Phi) is 9.40. The summed E-state index contributed by atoms with van der Waals surface area (Å²) in [5.41, 5.74) is 5.06. The van der Waals surface area contributed by atoms with Crippen LogP contribution in [0, 0.1) is 25.4 Å². The largest absolute Gasteiger partial charge is 0.493 e. The molecule has 0 spiro atoms. The summed E-state index contributed by atoms with van der Waals surface area (Å²) in [5.74, 6) is -1.20. The highest BCUT2D eigenvalue weighted by Gasteiger charge is 2.43. The summed E-state index contributed by atoms with van der Waals surface area (Å²) in [4.78, 5) is 39.3. The fourth-order valence-electron chi connectivity index (χ4n) is 4.06. The number of ether oxygens (including phenoxy) is 2. The number of Topliss-reactive ketones (excluding diaryl/α,β-unsaturated/α-hetero) is 1. The quantitative estimate of drug-likeness (QED) is 0.250. The van der Waals surface area contributed by atoms with Crippen molar-refractivity contribution in [1.82, 2.24) is 0 Å². The molecule has 0 aliphatic carbocycles. The highest BCUT2D eigenvalue weighted by atomic mass is 16.6. The lowest BCUT2D eigenvalue weighted by molar-refractivity contribution is -0.142. The van der Waals surface area contributed by atoms with Crippen LogP contribution < -0.4 is 0 Å². The standard InChI is InChI=1S/C14H14BNO4.C13H15NO2/c1-10-2-4-11(5-3-10)13(17)7-6-12-14(18)19-8-15(12)20-9-16;1-9-3-5-10(6-4-9)11-7-8-12(14-11)13(15)16-2/h2-5,12H,6-8H2,1H3;3-6,12H,7-8H2,1-2H3/t;12-/m.0/s1. The van der Waals surface area contributed by atoms with Crippen molar-refractivity contribution in [2.75, 3.05) is 13.6 Å². The fraction of sp³-hybridized carbons (Fsp3) is 0.370. The zero-order valence-corrected chi connectivity index (χ0v) is 20.7. The summed E-state index contributed by atoms with van der Waals surface area (Å²) in [6.07, 6.45) is 3.74. The number of aliphatic imine (C=N–C) groups is 1. The monoisotopic (exact) mass is 488 g/mol. The van der Waals surface area contributed by atoms with Crippen molar-refractivity contribution in [3.05, 3.63) is 70.8 Å². The first kappa shape index (κ1) is 26.7. The zero-order valence-electron chi connectivity index (χ0n) is 20.7. The molecular formula is C27H29BN2O6. The van der Waals surface area contributed by atoms with Crippen LogP contribution in [0.4, 0.5) is 0 Å². The lowest BCUT2D eigenvalue weighted by atomic mass is 9.57. The number of ketones is 1. The molecule has 0 amide bonds. The van der Waals surface area contributed by atoms with Crippen LogP contribution in [0.15, 0.2) is 53.5 Å². The predicted molar refractivity (Wildman–Crippen MR) is 135 cm³/mol. The Morgan fingerprint density at radius 3 is 2.36 bits per heavy atom. The first-order chi connectivity index (χ1) is 17.3. The van der Waals surface area contributed by atoms with Crippen molar-refractivity contribution in [2.24, 2.45) is 4.99 Å². The second-order valence-electron chi connectivity index (χ2n) is 8.83. The molecule has 186 valence electrons. The maximum absolute atomic E-state index is 12.0. The van der Waals surface area contributed by atoms with Gasteiger partial charge in [0.1, 0.15) is 12.5 Å². The summed E-state index contributed by atoms with van der Waals surface area (Å²) in [7, 11) is 1.40. The Morgan fingerprint density at radius 1 is 1.11 bits per heavy atom. The van der Waals surface area contributed by atoms with Crippen LogP contribution in [-0.4, -0.2) is 50.0 Å². The topological polar surface area (TPSA) is 115 Å². The second-order valence-corrected chi connectivity index (χ2v) is 8.83. The summed E-state index contributed by atoms with van der Waals surface area (Å²) < 4.78 is 14.3. The van der Waals surface area contributed by atoms with Crippen LogP contribution in [0.5, 0.6) is 0 Å². The van der Waals surface area contributed by atoms with Crippen LogP contribution in [0.25, 0.3) is 0 Å². The van der Waals surface area contributed by atoms with Crippen molar-refractivity contribution in [3.8, 4) is 6.26 Å². The van der Waals surface area contributed by atoms with Gasteiger partial charge >= 0.3 is 18.9 Å². The van der Waals surface area contributed by atoms with Crippen molar-refractivity contribution in [2.45, 2.75) is 51.4 Å². The molecule has 0 bridgehead atoms. The number of rotatable bonds is 7. The van der Waals surface area contributed by atoms with E-state index < -0.39 is 18.7 Å². The molecule has 1 saturated heterocycles.